The lowest BCUT2D eigenvalue weighted by Gasteiger charge is -2.17. The second-order valence-electron chi connectivity index (χ2n) is 4.80. The van der Waals surface area contributed by atoms with Crippen molar-refractivity contribution in [1.29, 1.82) is 0 Å². The van der Waals surface area contributed by atoms with Gasteiger partial charge in [-0.3, -0.25) is 0 Å². The molecular weight excluding hydrogens is 282 g/mol. The monoisotopic (exact) mass is 297 g/mol. The minimum atomic E-state index is -4.36. The molecule has 5 heteroatoms. The van der Waals surface area contributed by atoms with Crippen LogP contribution in [0.4, 0.5) is 17.6 Å². The van der Waals surface area contributed by atoms with Crippen LogP contribution in [0.25, 0.3) is 0 Å². The van der Waals surface area contributed by atoms with Gasteiger partial charge in [0, 0.05) is 6.04 Å². The van der Waals surface area contributed by atoms with Crippen LogP contribution in [-0.2, 0) is 12.6 Å². The first kappa shape index (κ1) is 15.5. The number of benzene rings is 2. The zero-order valence-corrected chi connectivity index (χ0v) is 11.4. The van der Waals surface area contributed by atoms with Gasteiger partial charge in [0.15, 0.2) is 0 Å². The molecule has 1 nitrogen and oxygen atoms in total. The molecular formula is C16H15F4N. The van der Waals surface area contributed by atoms with Crippen LogP contribution in [0.5, 0.6) is 0 Å². The highest BCUT2D eigenvalue weighted by Crippen LogP contribution is 2.30. The summed E-state index contributed by atoms with van der Waals surface area (Å²) in [5.41, 5.74) is 0.581. The van der Waals surface area contributed by atoms with Crippen molar-refractivity contribution in [2.24, 2.45) is 0 Å². The second kappa shape index (κ2) is 6.26. The Labute approximate surface area is 120 Å². The van der Waals surface area contributed by atoms with Gasteiger partial charge in [-0.15, -0.1) is 0 Å². The van der Waals surface area contributed by atoms with Gasteiger partial charge in [0.2, 0.25) is 0 Å². The fourth-order valence-corrected chi connectivity index (χ4v) is 2.22. The van der Waals surface area contributed by atoms with Crippen molar-refractivity contribution in [3.63, 3.8) is 0 Å². The van der Waals surface area contributed by atoms with Crippen LogP contribution < -0.4 is 5.32 Å². The minimum Gasteiger partial charge on any atom is -0.313 e. The Kier molecular flexibility index (Phi) is 4.63. The van der Waals surface area contributed by atoms with Gasteiger partial charge in [-0.2, -0.15) is 13.2 Å². The summed E-state index contributed by atoms with van der Waals surface area (Å²) < 4.78 is 51.3. The molecule has 0 heterocycles. The maximum Gasteiger partial charge on any atom is 0.416 e. The Morgan fingerprint density at radius 3 is 2.38 bits per heavy atom. The SMILES string of the molecule is CNC(Cc1cccc(C(F)(F)F)c1)c1cccc(F)c1. The topological polar surface area (TPSA) is 12.0 Å². The smallest absolute Gasteiger partial charge is 0.313 e. The first-order valence-electron chi connectivity index (χ1n) is 6.49. The van der Waals surface area contributed by atoms with E-state index in [0.29, 0.717) is 17.5 Å². The average Bonchev–Trinajstić information content (AvgIpc) is 2.44. The molecule has 2 aromatic rings. The van der Waals surface area contributed by atoms with E-state index in [-0.39, 0.29) is 11.9 Å². The fourth-order valence-electron chi connectivity index (χ4n) is 2.22. The number of nitrogens with one attached hydrogen (secondary N) is 1. The van der Waals surface area contributed by atoms with Gasteiger partial charge in [0.1, 0.15) is 5.82 Å². The highest BCUT2D eigenvalue weighted by Gasteiger charge is 2.30. The van der Waals surface area contributed by atoms with E-state index in [2.05, 4.69) is 5.32 Å². The quantitative estimate of drug-likeness (QED) is 0.827. The van der Waals surface area contributed by atoms with E-state index in [1.54, 1.807) is 25.2 Å². The highest BCUT2D eigenvalue weighted by atomic mass is 19.4. The van der Waals surface area contributed by atoms with Crippen LogP contribution in [0.1, 0.15) is 22.7 Å². The molecule has 0 aromatic heterocycles. The Morgan fingerprint density at radius 1 is 1.05 bits per heavy atom. The predicted octanol–water partition coefficient (Wildman–Crippen LogP) is 4.35. The third kappa shape index (κ3) is 4.04. The first-order chi connectivity index (χ1) is 9.90. The Balaban J connectivity index is 2.23. The molecule has 0 aliphatic heterocycles. The normalized spacial score (nSPS) is 13.2. The lowest BCUT2D eigenvalue weighted by Crippen LogP contribution is -2.19. The summed E-state index contributed by atoms with van der Waals surface area (Å²) in [6.07, 6.45) is -4.01. The lowest BCUT2D eigenvalue weighted by molar-refractivity contribution is -0.137. The van der Waals surface area contributed by atoms with Crippen LogP contribution in [0.2, 0.25) is 0 Å². The standard InChI is InChI=1S/C16H15F4N/c1-21-15(12-5-3-7-14(17)10-12)9-11-4-2-6-13(8-11)16(18,19)20/h2-8,10,15,21H,9H2,1H3. The van der Waals surface area contributed by atoms with Crippen LogP contribution in [-0.4, -0.2) is 7.05 Å². The molecule has 112 valence electrons. The van der Waals surface area contributed by atoms with Crippen LogP contribution in [0.3, 0.4) is 0 Å². The number of likely N-dealkylation sites (N-methyl/N-ethyl adjacent to an activating group) is 1. The van der Waals surface area contributed by atoms with Gasteiger partial charge < -0.3 is 5.32 Å². The molecule has 0 aliphatic carbocycles. The minimum absolute atomic E-state index is 0.246. The van der Waals surface area contributed by atoms with E-state index in [1.807, 2.05) is 0 Å². The molecule has 1 N–H and O–H groups in total. The Morgan fingerprint density at radius 2 is 1.76 bits per heavy atom. The van der Waals surface area contributed by atoms with Crippen molar-refractivity contribution < 1.29 is 17.6 Å². The number of rotatable bonds is 4. The van der Waals surface area contributed by atoms with Gasteiger partial charge in [0.25, 0.3) is 0 Å². The molecule has 0 aliphatic rings. The summed E-state index contributed by atoms with van der Waals surface area (Å²) in [7, 11) is 1.70. The summed E-state index contributed by atoms with van der Waals surface area (Å²) in [5, 5.41) is 3.00. The summed E-state index contributed by atoms with van der Waals surface area (Å²) >= 11 is 0. The summed E-state index contributed by atoms with van der Waals surface area (Å²) in [5.74, 6) is -0.364. The molecule has 0 bridgehead atoms. The summed E-state index contributed by atoms with van der Waals surface area (Å²) in [6, 6.07) is 11.0. The first-order valence-corrected chi connectivity index (χ1v) is 6.49. The van der Waals surface area contributed by atoms with Crippen LogP contribution >= 0.6 is 0 Å². The number of hydrogen-bond donors (Lipinski definition) is 1. The van der Waals surface area contributed by atoms with Crippen molar-refractivity contribution in [2.75, 3.05) is 7.05 Å². The van der Waals surface area contributed by atoms with E-state index in [1.165, 1.54) is 18.2 Å². The fraction of sp³-hybridized carbons (Fsp3) is 0.250. The van der Waals surface area contributed by atoms with Crippen LogP contribution in [0.15, 0.2) is 48.5 Å². The van der Waals surface area contributed by atoms with Crippen molar-refractivity contribution in [1.82, 2.24) is 5.32 Å². The number of alkyl halides is 3. The molecule has 2 rings (SSSR count). The molecule has 0 spiro atoms. The average molecular weight is 297 g/mol. The third-order valence-electron chi connectivity index (χ3n) is 3.29. The second-order valence-corrected chi connectivity index (χ2v) is 4.80. The van der Waals surface area contributed by atoms with E-state index < -0.39 is 11.7 Å². The molecule has 2 aromatic carbocycles. The van der Waals surface area contributed by atoms with Crippen LogP contribution in [0, 0.1) is 5.82 Å². The maximum atomic E-state index is 13.2. The Bertz CT molecular complexity index is 607. The molecule has 0 saturated carbocycles. The zero-order valence-electron chi connectivity index (χ0n) is 11.4. The third-order valence-corrected chi connectivity index (χ3v) is 3.29. The summed E-state index contributed by atoms with van der Waals surface area (Å²) in [6.45, 7) is 0. The Hall–Kier alpha value is -1.88. The van der Waals surface area contributed by atoms with Crippen molar-refractivity contribution in [2.45, 2.75) is 18.6 Å². The molecule has 0 amide bonds. The van der Waals surface area contributed by atoms with Gasteiger partial charge in [-0.25, -0.2) is 4.39 Å². The number of halogens is 4. The van der Waals surface area contributed by atoms with E-state index in [4.69, 9.17) is 0 Å². The van der Waals surface area contributed by atoms with Crippen molar-refractivity contribution in [3.05, 3.63) is 71.0 Å². The molecule has 0 radical (unpaired) electrons. The van der Waals surface area contributed by atoms with Crippen molar-refractivity contribution in [3.8, 4) is 0 Å². The maximum absolute atomic E-state index is 13.2. The van der Waals surface area contributed by atoms with Gasteiger partial charge in [-0.05, 0) is 42.8 Å². The molecule has 21 heavy (non-hydrogen) atoms. The zero-order chi connectivity index (χ0) is 15.5. The highest BCUT2D eigenvalue weighted by molar-refractivity contribution is 5.29. The summed E-state index contributed by atoms with van der Waals surface area (Å²) in [4.78, 5) is 0. The number of hydrogen-bond acceptors (Lipinski definition) is 1. The predicted molar refractivity (Wildman–Crippen MR) is 73.3 cm³/mol. The molecule has 1 unspecified atom stereocenters. The van der Waals surface area contributed by atoms with Gasteiger partial charge in [0.05, 0.1) is 5.56 Å². The van der Waals surface area contributed by atoms with E-state index in [9.17, 15) is 17.6 Å². The van der Waals surface area contributed by atoms with Gasteiger partial charge in [-0.1, -0.05) is 30.3 Å². The molecule has 0 saturated heterocycles. The molecule has 0 fully saturated rings. The van der Waals surface area contributed by atoms with E-state index in [0.717, 1.165) is 12.1 Å². The van der Waals surface area contributed by atoms with Gasteiger partial charge >= 0.3 is 6.18 Å². The van der Waals surface area contributed by atoms with Crippen molar-refractivity contribution >= 4 is 0 Å². The van der Waals surface area contributed by atoms with E-state index >= 15 is 0 Å². The molecule has 1 atom stereocenters. The lowest BCUT2D eigenvalue weighted by atomic mass is 9.97. The largest absolute Gasteiger partial charge is 0.416 e.